The van der Waals surface area contributed by atoms with Gasteiger partial charge in [0.05, 0.1) is 0 Å². The molecule has 76 valence electrons. The summed E-state index contributed by atoms with van der Waals surface area (Å²) in [6.45, 7) is 4.68. The zero-order valence-corrected chi connectivity index (χ0v) is 9.05. The second kappa shape index (κ2) is 3.27. The molecule has 0 aromatic heterocycles. The van der Waals surface area contributed by atoms with Crippen molar-refractivity contribution in [1.82, 2.24) is 0 Å². The number of fused-ring (bicyclic) bond motifs is 1. The van der Waals surface area contributed by atoms with Gasteiger partial charge in [-0.2, -0.15) is 0 Å². The van der Waals surface area contributed by atoms with Gasteiger partial charge in [-0.3, -0.25) is 0 Å². The third-order valence-electron chi connectivity index (χ3n) is 4.63. The van der Waals surface area contributed by atoms with Crippen LogP contribution in [0, 0.1) is 17.8 Å². The van der Waals surface area contributed by atoms with Gasteiger partial charge in [-0.05, 0) is 49.9 Å². The average molecular weight is 181 g/mol. The van der Waals surface area contributed by atoms with Gasteiger partial charge in [-0.15, -0.1) is 0 Å². The van der Waals surface area contributed by atoms with Crippen LogP contribution in [0.1, 0.15) is 52.4 Å². The molecule has 13 heavy (non-hydrogen) atoms. The predicted molar refractivity (Wildman–Crippen MR) is 56.4 cm³/mol. The van der Waals surface area contributed by atoms with Crippen LogP contribution in [0.3, 0.4) is 0 Å². The van der Waals surface area contributed by atoms with Crippen LogP contribution in [-0.4, -0.2) is 5.54 Å². The lowest BCUT2D eigenvalue weighted by Crippen LogP contribution is -2.46. The molecule has 3 unspecified atom stereocenters. The van der Waals surface area contributed by atoms with E-state index in [9.17, 15) is 0 Å². The summed E-state index contributed by atoms with van der Waals surface area (Å²) in [4.78, 5) is 0. The Labute approximate surface area is 82.1 Å². The van der Waals surface area contributed by atoms with Crippen LogP contribution in [0.5, 0.6) is 0 Å². The topological polar surface area (TPSA) is 26.0 Å². The van der Waals surface area contributed by atoms with Gasteiger partial charge < -0.3 is 5.73 Å². The molecular weight excluding hydrogens is 158 g/mol. The Kier molecular flexibility index (Phi) is 2.39. The summed E-state index contributed by atoms with van der Waals surface area (Å²) in [7, 11) is 0. The monoisotopic (exact) mass is 181 g/mol. The van der Waals surface area contributed by atoms with Crippen LogP contribution in [0.25, 0.3) is 0 Å². The van der Waals surface area contributed by atoms with Crippen molar-refractivity contribution in [3.05, 3.63) is 0 Å². The molecule has 2 aliphatic carbocycles. The Morgan fingerprint density at radius 2 is 2.08 bits per heavy atom. The molecule has 4 atom stereocenters. The fourth-order valence-corrected chi connectivity index (χ4v) is 3.87. The largest absolute Gasteiger partial charge is 0.325 e. The molecular formula is C12H23N. The van der Waals surface area contributed by atoms with Gasteiger partial charge in [-0.1, -0.05) is 20.3 Å². The van der Waals surface area contributed by atoms with Crippen LogP contribution in [-0.2, 0) is 0 Å². The van der Waals surface area contributed by atoms with Crippen LogP contribution < -0.4 is 5.73 Å². The maximum atomic E-state index is 6.59. The summed E-state index contributed by atoms with van der Waals surface area (Å²) in [6, 6.07) is 0. The van der Waals surface area contributed by atoms with E-state index in [2.05, 4.69) is 13.8 Å². The molecule has 2 rings (SSSR count). The zero-order valence-electron chi connectivity index (χ0n) is 9.05. The standard InChI is InChI=1S/C12H23N/c1-3-4-10-5-6-11-9(2)7-8-12(10,11)13/h9-11H,3-8,13H2,1-2H3/t9?,10-,11?,12?/m1/s1. The molecule has 2 aliphatic rings. The highest BCUT2D eigenvalue weighted by molar-refractivity contribution is 5.07. The normalized spacial score (nSPS) is 49.6. The van der Waals surface area contributed by atoms with Crippen molar-refractivity contribution in [3.8, 4) is 0 Å². The molecule has 0 amide bonds. The number of nitrogens with two attached hydrogens (primary N) is 1. The smallest absolute Gasteiger partial charge is 0.0214 e. The van der Waals surface area contributed by atoms with E-state index in [4.69, 9.17) is 5.73 Å². The van der Waals surface area contributed by atoms with Gasteiger partial charge >= 0.3 is 0 Å². The molecule has 1 heteroatoms. The SMILES string of the molecule is CCC[C@@H]1CCC2C(C)CCC21N. The first kappa shape index (κ1) is 9.51. The van der Waals surface area contributed by atoms with E-state index in [1.54, 1.807) is 0 Å². The molecule has 2 N–H and O–H groups in total. The van der Waals surface area contributed by atoms with Crippen molar-refractivity contribution in [3.63, 3.8) is 0 Å². The molecule has 1 nitrogen and oxygen atoms in total. The van der Waals surface area contributed by atoms with Crippen molar-refractivity contribution in [2.75, 3.05) is 0 Å². The van der Waals surface area contributed by atoms with Gasteiger partial charge in [-0.25, -0.2) is 0 Å². The van der Waals surface area contributed by atoms with E-state index in [1.165, 1.54) is 38.5 Å². The third kappa shape index (κ3) is 1.32. The van der Waals surface area contributed by atoms with Gasteiger partial charge in [0.15, 0.2) is 0 Å². The lowest BCUT2D eigenvalue weighted by molar-refractivity contribution is 0.250. The predicted octanol–water partition coefficient (Wildman–Crippen LogP) is 2.94. The molecule has 0 saturated heterocycles. The first-order chi connectivity index (χ1) is 6.18. The van der Waals surface area contributed by atoms with Crippen molar-refractivity contribution in [1.29, 1.82) is 0 Å². The van der Waals surface area contributed by atoms with Crippen LogP contribution in [0.15, 0.2) is 0 Å². The van der Waals surface area contributed by atoms with Crippen LogP contribution in [0.2, 0.25) is 0 Å². The van der Waals surface area contributed by atoms with E-state index in [-0.39, 0.29) is 5.54 Å². The summed E-state index contributed by atoms with van der Waals surface area (Å²) in [6.07, 6.45) is 8.15. The van der Waals surface area contributed by atoms with E-state index in [1.807, 2.05) is 0 Å². The van der Waals surface area contributed by atoms with Gasteiger partial charge in [0, 0.05) is 5.54 Å². The zero-order chi connectivity index (χ0) is 9.47. The van der Waals surface area contributed by atoms with Crippen LogP contribution in [0.4, 0.5) is 0 Å². The van der Waals surface area contributed by atoms with Gasteiger partial charge in [0.25, 0.3) is 0 Å². The average Bonchev–Trinajstić information content (AvgIpc) is 2.55. The van der Waals surface area contributed by atoms with E-state index < -0.39 is 0 Å². The van der Waals surface area contributed by atoms with Gasteiger partial charge in [0.1, 0.15) is 0 Å². The highest BCUT2D eigenvalue weighted by atomic mass is 14.8. The first-order valence-electron chi connectivity index (χ1n) is 5.97. The second-order valence-electron chi connectivity index (χ2n) is 5.30. The maximum Gasteiger partial charge on any atom is 0.0214 e. The Bertz CT molecular complexity index is 190. The van der Waals surface area contributed by atoms with Crippen molar-refractivity contribution in [2.24, 2.45) is 23.5 Å². The Balaban J connectivity index is 2.11. The Morgan fingerprint density at radius 1 is 1.31 bits per heavy atom. The minimum atomic E-state index is 0.245. The molecule has 0 spiro atoms. The molecule has 0 aliphatic heterocycles. The van der Waals surface area contributed by atoms with Gasteiger partial charge in [0.2, 0.25) is 0 Å². The first-order valence-corrected chi connectivity index (χ1v) is 5.97. The third-order valence-corrected chi connectivity index (χ3v) is 4.63. The van der Waals surface area contributed by atoms with E-state index in [0.717, 1.165) is 17.8 Å². The molecule has 0 bridgehead atoms. The highest BCUT2D eigenvalue weighted by Gasteiger charge is 2.52. The molecule has 2 saturated carbocycles. The molecule has 0 aromatic carbocycles. The molecule has 0 heterocycles. The lowest BCUT2D eigenvalue weighted by atomic mass is 9.80. The lowest BCUT2D eigenvalue weighted by Gasteiger charge is -2.32. The second-order valence-corrected chi connectivity index (χ2v) is 5.30. The van der Waals surface area contributed by atoms with Crippen molar-refractivity contribution < 1.29 is 0 Å². The quantitative estimate of drug-likeness (QED) is 0.696. The molecule has 0 radical (unpaired) electrons. The minimum Gasteiger partial charge on any atom is -0.325 e. The van der Waals surface area contributed by atoms with Crippen molar-refractivity contribution in [2.45, 2.75) is 57.9 Å². The van der Waals surface area contributed by atoms with E-state index in [0.29, 0.717) is 0 Å². The Morgan fingerprint density at radius 3 is 2.77 bits per heavy atom. The highest BCUT2D eigenvalue weighted by Crippen LogP contribution is 2.53. The summed E-state index contributed by atoms with van der Waals surface area (Å²) in [5, 5.41) is 0. The number of rotatable bonds is 2. The minimum absolute atomic E-state index is 0.245. The Hall–Kier alpha value is -0.0400. The van der Waals surface area contributed by atoms with Crippen LogP contribution >= 0.6 is 0 Å². The summed E-state index contributed by atoms with van der Waals surface area (Å²) >= 11 is 0. The van der Waals surface area contributed by atoms with E-state index >= 15 is 0 Å². The number of hydrogen-bond acceptors (Lipinski definition) is 1. The summed E-state index contributed by atoms with van der Waals surface area (Å²) in [5.41, 5.74) is 6.83. The maximum absolute atomic E-state index is 6.59. The fraction of sp³-hybridized carbons (Fsp3) is 1.00. The van der Waals surface area contributed by atoms with Crippen molar-refractivity contribution >= 4 is 0 Å². The molecule has 2 fully saturated rings. The summed E-state index contributed by atoms with van der Waals surface area (Å²) in [5.74, 6) is 2.59. The summed E-state index contributed by atoms with van der Waals surface area (Å²) < 4.78 is 0. The molecule has 0 aromatic rings. The number of hydrogen-bond donors (Lipinski definition) is 1. The fourth-order valence-electron chi connectivity index (χ4n) is 3.87.